The molecule has 1 aliphatic rings. The monoisotopic (exact) mass is 523 g/mol. The molecular formula is C32H26ClNO4. The molecule has 6 heteroatoms. The lowest BCUT2D eigenvalue weighted by Crippen LogP contribution is -2.05. The molecular weight excluding hydrogens is 498 g/mol. The molecule has 0 unspecified atom stereocenters. The molecule has 190 valence electrons. The van der Waals surface area contributed by atoms with Crippen LogP contribution in [0.5, 0.6) is 11.5 Å². The fourth-order valence-electron chi connectivity index (χ4n) is 4.04. The molecule has 4 aromatic rings. The Labute approximate surface area is 227 Å². The van der Waals surface area contributed by atoms with Gasteiger partial charge in [0.25, 0.3) is 0 Å². The number of hydrogen-bond acceptors (Lipinski definition) is 5. The molecule has 0 N–H and O–H groups in total. The second-order valence-corrected chi connectivity index (χ2v) is 9.22. The van der Waals surface area contributed by atoms with Crippen molar-refractivity contribution in [1.29, 1.82) is 0 Å². The van der Waals surface area contributed by atoms with Crippen LogP contribution >= 0.6 is 11.6 Å². The molecule has 4 aromatic carbocycles. The molecule has 1 aliphatic heterocycles. The van der Waals surface area contributed by atoms with E-state index in [-0.39, 0.29) is 11.6 Å². The van der Waals surface area contributed by atoms with Crippen molar-refractivity contribution in [2.75, 3.05) is 6.61 Å². The molecule has 0 spiro atoms. The molecule has 0 atom stereocenters. The number of rotatable bonds is 8. The van der Waals surface area contributed by atoms with Crippen molar-refractivity contribution in [2.24, 2.45) is 4.99 Å². The van der Waals surface area contributed by atoms with Crippen LogP contribution in [0.4, 0.5) is 0 Å². The van der Waals surface area contributed by atoms with Gasteiger partial charge >= 0.3 is 5.97 Å². The zero-order valence-corrected chi connectivity index (χ0v) is 21.9. The highest BCUT2D eigenvalue weighted by Crippen LogP contribution is 2.38. The van der Waals surface area contributed by atoms with Crippen LogP contribution in [0.2, 0.25) is 5.02 Å². The summed E-state index contributed by atoms with van der Waals surface area (Å²) >= 11 is 6.59. The topological polar surface area (TPSA) is 57.1 Å². The van der Waals surface area contributed by atoms with Gasteiger partial charge in [-0.3, -0.25) is 0 Å². The molecule has 38 heavy (non-hydrogen) atoms. The van der Waals surface area contributed by atoms with Gasteiger partial charge in [0.1, 0.15) is 6.61 Å². The highest BCUT2D eigenvalue weighted by atomic mass is 35.5. The van der Waals surface area contributed by atoms with Gasteiger partial charge in [-0.15, -0.1) is 0 Å². The smallest absolute Gasteiger partial charge is 0.363 e. The Morgan fingerprint density at radius 1 is 0.868 bits per heavy atom. The standard InChI is InChI=1S/C32H26ClNO4/c1-3-36-29-19-23(17-27(33)30(29)37-20-22-11-9-21(2)10-12-22)18-28-32(35)38-31(34-28)26-15-13-25(14-16-26)24-7-5-4-6-8-24/h4-19H,3,20H2,1-2H3/b28-18-. The van der Waals surface area contributed by atoms with E-state index in [9.17, 15) is 4.79 Å². The van der Waals surface area contributed by atoms with Gasteiger partial charge in [0.05, 0.1) is 11.6 Å². The zero-order chi connectivity index (χ0) is 26.5. The molecule has 0 aromatic heterocycles. The Morgan fingerprint density at radius 2 is 1.55 bits per heavy atom. The van der Waals surface area contributed by atoms with Crippen LogP contribution in [0.15, 0.2) is 102 Å². The van der Waals surface area contributed by atoms with E-state index in [0.29, 0.717) is 40.9 Å². The summed E-state index contributed by atoms with van der Waals surface area (Å²) in [5.41, 5.74) is 5.93. The number of ether oxygens (including phenoxy) is 3. The summed E-state index contributed by atoms with van der Waals surface area (Å²) in [4.78, 5) is 17.0. The number of carbonyl (C=O) groups excluding carboxylic acids is 1. The number of halogens is 1. The third kappa shape index (κ3) is 5.79. The minimum atomic E-state index is -0.527. The summed E-state index contributed by atoms with van der Waals surface area (Å²) in [6.07, 6.45) is 1.63. The van der Waals surface area contributed by atoms with Crippen molar-refractivity contribution >= 4 is 29.5 Å². The van der Waals surface area contributed by atoms with Crippen molar-refractivity contribution in [1.82, 2.24) is 0 Å². The maximum Gasteiger partial charge on any atom is 0.363 e. The normalized spacial score (nSPS) is 13.8. The Bertz CT molecular complexity index is 1510. The summed E-state index contributed by atoms with van der Waals surface area (Å²) in [5, 5.41) is 0.377. The molecule has 0 aliphatic carbocycles. The number of nitrogens with zero attached hydrogens (tertiary/aromatic N) is 1. The fraction of sp³-hybridized carbons (Fsp3) is 0.125. The van der Waals surface area contributed by atoms with Gasteiger partial charge in [-0.25, -0.2) is 9.79 Å². The number of hydrogen-bond donors (Lipinski definition) is 0. The lowest BCUT2D eigenvalue weighted by Gasteiger charge is -2.14. The lowest BCUT2D eigenvalue weighted by atomic mass is 10.0. The molecule has 0 fully saturated rings. The number of cyclic esters (lactones) is 1. The number of carbonyl (C=O) groups is 1. The SMILES string of the molecule is CCOc1cc(/C=C2\N=C(c3ccc(-c4ccccc4)cc3)OC2=O)cc(Cl)c1OCc1ccc(C)cc1. The van der Waals surface area contributed by atoms with Gasteiger partial charge in [0.2, 0.25) is 5.90 Å². The highest BCUT2D eigenvalue weighted by Gasteiger charge is 2.24. The second-order valence-electron chi connectivity index (χ2n) is 8.82. The average molecular weight is 524 g/mol. The highest BCUT2D eigenvalue weighted by molar-refractivity contribution is 6.32. The predicted molar refractivity (Wildman–Crippen MR) is 151 cm³/mol. The maximum atomic E-state index is 12.6. The van der Waals surface area contributed by atoms with Crippen LogP contribution in [-0.2, 0) is 16.1 Å². The molecule has 5 nitrogen and oxygen atoms in total. The van der Waals surface area contributed by atoms with Crippen molar-refractivity contribution in [3.05, 3.63) is 124 Å². The first-order valence-corrected chi connectivity index (χ1v) is 12.7. The predicted octanol–water partition coefficient (Wildman–Crippen LogP) is 7.64. The molecule has 0 amide bonds. The Balaban J connectivity index is 1.37. The summed E-state index contributed by atoms with van der Waals surface area (Å²) in [6.45, 7) is 4.71. The van der Waals surface area contributed by atoms with Crippen molar-refractivity contribution < 1.29 is 19.0 Å². The fourth-order valence-corrected chi connectivity index (χ4v) is 4.31. The van der Waals surface area contributed by atoms with Crippen molar-refractivity contribution in [2.45, 2.75) is 20.5 Å². The van der Waals surface area contributed by atoms with Gasteiger partial charge in [0, 0.05) is 5.56 Å². The first-order valence-electron chi connectivity index (χ1n) is 12.3. The van der Waals surface area contributed by atoms with Gasteiger partial charge in [-0.2, -0.15) is 0 Å². The third-order valence-electron chi connectivity index (χ3n) is 6.00. The molecule has 5 rings (SSSR count). The van der Waals surface area contributed by atoms with Gasteiger partial charge in [0.15, 0.2) is 17.2 Å². The lowest BCUT2D eigenvalue weighted by molar-refractivity contribution is -0.129. The Kier molecular flexibility index (Phi) is 7.57. The van der Waals surface area contributed by atoms with E-state index >= 15 is 0 Å². The van der Waals surface area contributed by atoms with Crippen LogP contribution in [0.3, 0.4) is 0 Å². The number of esters is 1. The van der Waals surface area contributed by atoms with E-state index in [1.54, 1.807) is 18.2 Å². The third-order valence-corrected chi connectivity index (χ3v) is 6.28. The summed E-state index contributed by atoms with van der Waals surface area (Å²) < 4.78 is 17.3. The van der Waals surface area contributed by atoms with E-state index < -0.39 is 5.97 Å². The molecule has 1 heterocycles. The quantitative estimate of drug-likeness (QED) is 0.176. The van der Waals surface area contributed by atoms with Crippen LogP contribution in [0.1, 0.15) is 29.2 Å². The largest absolute Gasteiger partial charge is 0.490 e. The maximum absolute atomic E-state index is 12.6. The second kappa shape index (κ2) is 11.4. The number of aryl methyl sites for hydroxylation is 1. The average Bonchev–Trinajstić information content (AvgIpc) is 3.30. The van der Waals surface area contributed by atoms with E-state index in [0.717, 1.165) is 16.7 Å². The van der Waals surface area contributed by atoms with Crippen LogP contribution in [0, 0.1) is 6.92 Å². The van der Waals surface area contributed by atoms with Crippen LogP contribution in [0.25, 0.3) is 17.2 Å². The molecule has 0 bridgehead atoms. The van der Waals surface area contributed by atoms with E-state index in [1.165, 1.54) is 5.56 Å². The van der Waals surface area contributed by atoms with Crippen LogP contribution < -0.4 is 9.47 Å². The Hall–Kier alpha value is -4.35. The van der Waals surface area contributed by atoms with E-state index in [4.69, 9.17) is 25.8 Å². The molecule has 0 radical (unpaired) electrons. The first-order chi connectivity index (χ1) is 18.5. The van der Waals surface area contributed by atoms with Gasteiger partial charge < -0.3 is 14.2 Å². The summed E-state index contributed by atoms with van der Waals surface area (Å²) in [7, 11) is 0. The van der Waals surface area contributed by atoms with Gasteiger partial charge in [-0.1, -0.05) is 83.9 Å². The molecule has 0 saturated carbocycles. The Morgan fingerprint density at radius 3 is 2.26 bits per heavy atom. The van der Waals surface area contributed by atoms with E-state index in [2.05, 4.69) is 4.99 Å². The summed E-state index contributed by atoms with van der Waals surface area (Å²) in [6, 6.07) is 29.4. The number of benzene rings is 4. The minimum absolute atomic E-state index is 0.180. The summed E-state index contributed by atoms with van der Waals surface area (Å²) in [5.74, 6) is 0.676. The van der Waals surface area contributed by atoms with Gasteiger partial charge in [-0.05, 0) is 66.4 Å². The van der Waals surface area contributed by atoms with Crippen molar-refractivity contribution in [3.63, 3.8) is 0 Å². The number of aliphatic imine (C=N–C) groups is 1. The molecule has 0 saturated heterocycles. The van der Waals surface area contributed by atoms with Crippen molar-refractivity contribution in [3.8, 4) is 22.6 Å². The van der Waals surface area contributed by atoms with Crippen LogP contribution in [-0.4, -0.2) is 18.5 Å². The minimum Gasteiger partial charge on any atom is -0.490 e. The first kappa shape index (κ1) is 25.3. The van der Waals surface area contributed by atoms with E-state index in [1.807, 2.05) is 92.7 Å². The zero-order valence-electron chi connectivity index (χ0n) is 21.1.